The van der Waals surface area contributed by atoms with Crippen molar-refractivity contribution in [3.63, 3.8) is 0 Å². The number of hydrogen-bond donors (Lipinski definition) is 1. The molecule has 1 aliphatic heterocycles. The van der Waals surface area contributed by atoms with Gasteiger partial charge in [-0.15, -0.1) is 0 Å². The van der Waals surface area contributed by atoms with Crippen LogP contribution in [0.2, 0.25) is 0 Å². The van der Waals surface area contributed by atoms with E-state index in [1.165, 1.54) is 0 Å². The Bertz CT molecular complexity index is 346. The normalized spacial score (nSPS) is 20.1. The molecule has 0 bridgehead atoms. The van der Waals surface area contributed by atoms with Gasteiger partial charge in [0.15, 0.2) is 0 Å². The molecule has 1 atom stereocenters. The Kier molecular flexibility index (Phi) is 2.44. The summed E-state index contributed by atoms with van der Waals surface area (Å²) in [7, 11) is 0. The van der Waals surface area contributed by atoms with Crippen LogP contribution >= 0.6 is 0 Å². The molecule has 1 N–H and O–H groups in total. The first-order valence-corrected chi connectivity index (χ1v) is 5.23. The van der Waals surface area contributed by atoms with Crippen LogP contribution in [0, 0.1) is 18.7 Å². The molecule has 0 saturated heterocycles. The van der Waals surface area contributed by atoms with E-state index in [1.807, 2.05) is 6.92 Å². The molecule has 1 aliphatic rings. The van der Waals surface area contributed by atoms with Crippen LogP contribution < -0.4 is 5.32 Å². The Morgan fingerprint density at radius 2 is 2.29 bits per heavy atom. The van der Waals surface area contributed by atoms with E-state index in [1.54, 1.807) is 12.1 Å². The maximum absolute atomic E-state index is 13.2. The molecule has 0 saturated carbocycles. The Hall–Kier alpha value is -1.05. The van der Waals surface area contributed by atoms with Crippen molar-refractivity contribution in [2.75, 3.05) is 11.9 Å². The molecular formula is C12H16FN. The minimum atomic E-state index is -0.111. The summed E-state index contributed by atoms with van der Waals surface area (Å²) in [6.45, 7) is 5.17. The van der Waals surface area contributed by atoms with Crippen LogP contribution in [0.25, 0.3) is 0 Å². The third-order valence-corrected chi connectivity index (χ3v) is 3.04. The predicted octanol–water partition coefficient (Wildman–Crippen LogP) is 3.13. The molecule has 14 heavy (non-hydrogen) atoms. The maximum atomic E-state index is 13.2. The fraction of sp³-hybridized carbons (Fsp3) is 0.500. The Balaban J connectivity index is 2.37. The highest BCUT2D eigenvalue weighted by molar-refractivity contribution is 5.59. The van der Waals surface area contributed by atoms with Crippen LogP contribution in [0.1, 0.15) is 24.5 Å². The average Bonchev–Trinajstić information content (AvgIpc) is 2.16. The van der Waals surface area contributed by atoms with E-state index >= 15 is 0 Å². The van der Waals surface area contributed by atoms with Crippen molar-refractivity contribution in [3.05, 3.63) is 29.1 Å². The number of rotatable bonds is 1. The highest BCUT2D eigenvalue weighted by Crippen LogP contribution is 2.29. The van der Waals surface area contributed by atoms with E-state index in [2.05, 4.69) is 12.2 Å². The predicted molar refractivity (Wildman–Crippen MR) is 57.1 cm³/mol. The van der Waals surface area contributed by atoms with E-state index in [-0.39, 0.29) is 5.82 Å². The number of fused-ring (bicyclic) bond motifs is 1. The molecule has 1 heterocycles. The molecule has 2 heteroatoms. The van der Waals surface area contributed by atoms with Crippen molar-refractivity contribution >= 4 is 5.69 Å². The number of anilines is 1. The van der Waals surface area contributed by atoms with E-state index in [9.17, 15) is 4.39 Å². The van der Waals surface area contributed by atoms with Crippen LogP contribution in [0.5, 0.6) is 0 Å². The summed E-state index contributed by atoms with van der Waals surface area (Å²) in [5.74, 6) is 0.545. The van der Waals surface area contributed by atoms with Crippen LogP contribution in [0.3, 0.4) is 0 Å². The molecule has 1 aromatic carbocycles. The zero-order chi connectivity index (χ0) is 10.1. The van der Waals surface area contributed by atoms with Gasteiger partial charge in [-0.25, -0.2) is 4.39 Å². The van der Waals surface area contributed by atoms with E-state index in [0.29, 0.717) is 5.92 Å². The highest BCUT2D eigenvalue weighted by atomic mass is 19.1. The summed E-state index contributed by atoms with van der Waals surface area (Å²) < 4.78 is 13.2. The van der Waals surface area contributed by atoms with Crippen molar-refractivity contribution in [2.45, 2.75) is 26.7 Å². The lowest BCUT2D eigenvalue weighted by atomic mass is 9.90. The second-order valence-corrected chi connectivity index (χ2v) is 4.12. The van der Waals surface area contributed by atoms with Gasteiger partial charge in [0, 0.05) is 12.2 Å². The third kappa shape index (κ3) is 1.61. The van der Waals surface area contributed by atoms with Gasteiger partial charge in [0.2, 0.25) is 0 Å². The van der Waals surface area contributed by atoms with Crippen LogP contribution in [0.4, 0.5) is 10.1 Å². The lowest BCUT2D eigenvalue weighted by Crippen LogP contribution is -2.23. The van der Waals surface area contributed by atoms with Crippen molar-refractivity contribution < 1.29 is 4.39 Å². The van der Waals surface area contributed by atoms with E-state index < -0.39 is 0 Å². The highest BCUT2D eigenvalue weighted by Gasteiger charge is 2.18. The van der Waals surface area contributed by atoms with Gasteiger partial charge in [-0.05, 0) is 42.5 Å². The quantitative estimate of drug-likeness (QED) is 0.722. The summed E-state index contributed by atoms with van der Waals surface area (Å²) >= 11 is 0. The van der Waals surface area contributed by atoms with Gasteiger partial charge in [-0.3, -0.25) is 0 Å². The van der Waals surface area contributed by atoms with Gasteiger partial charge in [-0.1, -0.05) is 13.3 Å². The number of benzene rings is 1. The van der Waals surface area contributed by atoms with Gasteiger partial charge in [-0.2, -0.15) is 0 Å². The number of halogens is 1. The van der Waals surface area contributed by atoms with Crippen molar-refractivity contribution in [1.82, 2.24) is 0 Å². The summed E-state index contributed by atoms with van der Waals surface area (Å²) in [6.07, 6.45) is 2.17. The first kappa shape index (κ1) is 9.50. The second kappa shape index (κ2) is 3.60. The minimum absolute atomic E-state index is 0.111. The monoisotopic (exact) mass is 193 g/mol. The maximum Gasteiger partial charge on any atom is 0.123 e. The molecular weight excluding hydrogens is 177 g/mol. The third-order valence-electron chi connectivity index (χ3n) is 3.04. The molecule has 76 valence electrons. The molecule has 2 rings (SSSR count). The standard InChI is InChI=1S/C12H16FN/c1-3-9-5-10-6-11(13)4-8(2)12(10)14-7-9/h4,6,9,14H,3,5,7H2,1-2H3. The zero-order valence-electron chi connectivity index (χ0n) is 8.73. The van der Waals surface area contributed by atoms with Crippen LogP contribution in [0.15, 0.2) is 12.1 Å². The lowest BCUT2D eigenvalue weighted by Gasteiger charge is -2.26. The Morgan fingerprint density at radius 1 is 1.50 bits per heavy atom. The topological polar surface area (TPSA) is 12.0 Å². The fourth-order valence-corrected chi connectivity index (χ4v) is 2.14. The molecule has 0 spiro atoms. The number of nitrogens with one attached hydrogen (secondary N) is 1. The second-order valence-electron chi connectivity index (χ2n) is 4.12. The van der Waals surface area contributed by atoms with Gasteiger partial charge in [0.05, 0.1) is 0 Å². The molecule has 0 radical (unpaired) electrons. The summed E-state index contributed by atoms with van der Waals surface area (Å²) in [5.41, 5.74) is 3.31. The van der Waals surface area contributed by atoms with E-state index in [4.69, 9.17) is 0 Å². The Labute approximate surface area is 84.3 Å². The van der Waals surface area contributed by atoms with Crippen molar-refractivity contribution in [1.29, 1.82) is 0 Å². The SMILES string of the molecule is CCC1CNc2c(C)cc(F)cc2C1. The minimum Gasteiger partial charge on any atom is -0.384 e. The largest absolute Gasteiger partial charge is 0.384 e. The summed E-state index contributed by atoms with van der Waals surface area (Å²) in [6, 6.07) is 3.26. The fourth-order valence-electron chi connectivity index (χ4n) is 2.14. The van der Waals surface area contributed by atoms with Gasteiger partial charge in [0.25, 0.3) is 0 Å². The lowest BCUT2D eigenvalue weighted by molar-refractivity contribution is 0.516. The van der Waals surface area contributed by atoms with Crippen LogP contribution in [-0.4, -0.2) is 6.54 Å². The molecule has 0 aromatic heterocycles. The van der Waals surface area contributed by atoms with Gasteiger partial charge >= 0.3 is 0 Å². The smallest absolute Gasteiger partial charge is 0.123 e. The van der Waals surface area contributed by atoms with Gasteiger partial charge < -0.3 is 5.32 Å². The molecule has 1 nitrogen and oxygen atoms in total. The summed E-state index contributed by atoms with van der Waals surface area (Å²) in [5, 5.41) is 3.39. The molecule has 1 aromatic rings. The molecule has 0 amide bonds. The molecule has 1 unspecified atom stereocenters. The van der Waals surface area contributed by atoms with Crippen molar-refractivity contribution in [3.8, 4) is 0 Å². The number of aryl methyl sites for hydroxylation is 1. The van der Waals surface area contributed by atoms with Crippen LogP contribution in [-0.2, 0) is 6.42 Å². The van der Waals surface area contributed by atoms with E-state index in [0.717, 1.165) is 36.2 Å². The zero-order valence-corrected chi connectivity index (χ0v) is 8.73. The summed E-state index contributed by atoms with van der Waals surface area (Å²) in [4.78, 5) is 0. The molecule has 0 fully saturated rings. The average molecular weight is 193 g/mol. The first-order valence-electron chi connectivity index (χ1n) is 5.23. The first-order chi connectivity index (χ1) is 6.70. The number of hydrogen-bond acceptors (Lipinski definition) is 1. The Morgan fingerprint density at radius 3 is 3.00 bits per heavy atom. The van der Waals surface area contributed by atoms with Crippen molar-refractivity contribution in [2.24, 2.45) is 5.92 Å². The van der Waals surface area contributed by atoms with Gasteiger partial charge in [0.1, 0.15) is 5.82 Å². The molecule has 0 aliphatic carbocycles.